The number of aromatic nitrogens is 4. The van der Waals surface area contributed by atoms with Crippen LogP contribution in [0.4, 0.5) is 0 Å². The van der Waals surface area contributed by atoms with E-state index in [9.17, 15) is 4.79 Å². The van der Waals surface area contributed by atoms with Crippen molar-refractivity contribution in [2.75, 3.05) is 6.54 Å². The summed E-state index contributed by atoms with van der Waals surface area (Å²) in [6.45, 7) is 1.57. The summed E-state index contributed by atoms with van der Waals surface area (Å²) in [6, 6.07) is 4.70. The molecule has 0 spiro atoms. The van der Waals surface area contributed by atoms with Crippen LogP contribution in [0.3, 0.4) is 0 Å². The lowest BCUT2D eigenvalue weighted by Gasteiger charge is -2.26. The highest BCUT2D eigenvalue weighted by Crippen LogP contribution is 2.31. The Balaban J connectivity index is 1.53. The third-order valence-electron chi connectivity index (χ3n) is 5.22. The molecule has 4 rings (SSSR count). The van der Waals surface area contributed by atoms with Gasteiger partial charge < -0.3 is 9.47 Å². The van der Waals surface area contributed by atoms with Crippen molar-refractivity contribution < 1.29 is 4.79 Å². The standard InChI is InChI=1S/C17H23N5O/c23-17(16-8-4-10-21(16)14-5-1-2-6-14)22-11-3-7-15(22)13-20-12-9-18-19-20/h4,8-10,12,14-15H,1-3,5-7,11,13H2/t15-/m0/s1. The first-order valence-corrected chi connectivity index (χ1v) is 8.65. The number of carbonyl (C=O) groups is 1. The minimum Gasteiger partial charge on any atom is -0.340 e. The maximum Gasteiger partial charge on any atom is 0.270 e. The van der Waals surface area contributed by atoms with E-state index in [0.29, 0.717) is 6.04 Å². The molecule has 1 saturated carbocycles. The van der Waals surface area contributed by atoms with Gasteiger partial charge in [-0.1, -0.05) is 18.1 Å². The molecule has 2 aromatic rings. The van der Waals surface area contributed by atoms with Gasteiger partial charge >= 0.3 is 0 Å². The Kier molecular flexibility index (Phi) is 3.89. The summed E-state index contributed by atoms with van der Waals surface area (Å²) >= 11 is 0. The molecule has 0 aromatic carbocycles. The van der Waals surface area contributed by atoms with Gasteiger partial charge in [0.05, 0.1) is 18.8 Å². The van der Waals surface area contributed by atoms with Crippen molar-refractivity contribution in [3.8, 4) is 0 Å². The molecule has 1 amide bonds. The van der Waals surface area contributed by atoms with E-state index in [1.807, 2.05) is 27.9 Å². The van der Waals surface area contributed by atoms with Gasteiger partial charge in [0.25, 0.3) is 5.91 Å². The van der Waals surface area contributed by atoms with Crippen molar-refractivity contribution >= 4 is 5.91 Å². The smallest absolute Gasteiger partial charge is 0.270 e. The fraction of sp³-hybridized carbons (Fsp3) is 0.588. The summed E-state index contributed by atoms with van der Waals surface area (Å²) in [5.41, 5.74) is 0.849. The average molecular weight is 313 g/mol. The topological polar surface area (TPSA) is 56.0 Å². The van der Waals surface area contributed by atoms with Crippen molar-refractivity contribution in [2.24, 2.45) is 0 Å². The highest BCUT2D eigenvalue weighted by atomic mass is 16.2. The van der Waals surface area contributed by atoms with Crippen LogP contribution in [-0.2, 0) is 6.54 Å². The Bertz CT molecular complexity index is 656. The number of carbonyl (C=O) groups excluding carboxylic acids is 1. The first kappa shape index (κ1) is 14.5. The van der Waals surface area contributed by atoms with Crippen molar-refractivity contribution in [2.45, 2.75) is 57.2 Å². The van der Waals surface area contributed by atoms with Gasteiger partial charge in [0, 0.05) is 25.0 Å². The predicted octanol–water partition coefficient (Wildman–Crippen LogP) is 2.50. The molecule has 2 aromatic heterocycles. The maximum atomic E-state index is 13.1. The van der Waals surface area contributed by atoms with Gasteiger partial charge in [-0.15, -0.1) is 5.10 Å². The summed E-state index contributed by atoms with van der Waals surface area (Å²) < 4.78 is 4.03. The molecule has 0 bridgehead atoms. The highest BCUT2D eigenvalue weighted by molar-refractivity contribution is 5.93. The molecule has 0 radical (unpaired) electrons. The molecule has 1 saturated heterocycles. The minimum atomic E-state index is 0.171. The maximum absolute atomic E-state index is 13.1. The molecule has 122 valence electrons. The number of rotatable bonds is 4. The van der Waals surface area contributed by atoms with E-state index < -0.39 is 0 Å². The normalized spacial score (nSPS) is 22.1. The fourth-order valence-corrected chi connectivity index (χ4v) is 4.06. The van der Waals surface area contributed by atoms with Gasteiger partial charge in [0.15, 0.2) is 0 Å². The Labute approximate surface area is 136 Å². The zero-order valence-electron chi connectivity index (χ0n) is 13.3. The van der Waals surface area contributed by atoms with Crippen LogP contribution in [0.15, 0.2) is 30.7 Å². The third-order valence-corrected chi connectivity index (χ3v) is 5.22. The second kappa shape index (κ2) is 6.18. The molecule has 1 aliphatic heterocycles. The van der Waals surface area contributed by atoms with Crippen molar-refractivity contribution in [3.05, 3.63) is 36.4 Å². The molecule has 1 aliphatic carbocycles. The predicted molar refractivity (Wildman–Crippen MR) is 86.0 cm³/mol. The highest BCUT2D eigenvalue weighted by Gasteiger charge is 2.32. The summed E-state index contributed by atoms with van der Waals surface area (Å²) in [4.78, 5) is 15.1. The van der Waals surface area contributed by atoms with E-state index in [0.717, 1.165) is 31.6 Å². The summed E-state index contributed by atoms with van der Waals surface area (Å²) in [7, 11) is 0. The lowest BCUT2D eigenvalue weighted by Crippen LogP contribution is -2.39. The molecule has 23 heavy (non-hydrogen) atoms. The van der Waals surface area contributed by atoms with Gasteiger partial charge in [0.2, 0.25) is 0 Å². The van der Waals surface area contributed by atoms with E-state index >= 15 is 0 Å². The lowest BCUT2D eigenvalue weighted by molar-refractivity contribution is 0.0708. The Morgan fingerprint density at radius 2 is 2.04 bits per heavy atom. The van der Waals surface area contributed by atoms with Gasteiger partial charge in [-0.2, -0.15) is 0 Å². The minimum absolute atomic E-state index is 0.171. The van der Waals surface area contributed by atoms with Gasteiger partial charge in [-0.05, 0) is 37.8 Å². The molecule has 6 nitrogen and oxygen atoms in total. The van der Waals surface area contributed by atoms with Crippen molar-refractivity contribution in [1.29, 1.82) is 0 Å². The van der Waals surface area contributed by atoms with E-state index in [-0.39, 0.29) is 11.9 Å². The van der Waals surface area contributed by atoms with E-state index in [1.54, 1.807) is 6.20 Å². The first-order valence-electron chi connectivity index (χ1n) is 8.65. The van der Waals surface area contributed by atoms with Gasteiger partial charge in [-0.3, -0.25) is 9.48 Å². The number of hydrogen-bond acceptors (Lipinski definition) is 3. The molecule has 2 aliphatic rings. The Hall–Kier alpha value is -2.11. The Morgan fingerprint density at radius 3 is 2.83 bits per heavy atom. The lowest BCUT2D eigenvalue weighted by atomic mass is 10.2. The fourth-order valence-electron chi connectivity index (χ4n) is 4.06. The molecule has 1 atom stereocenters. The SMILES string of the molecule is O=C(c1cccn1C1CCCC1)N1CCC[C@H]1Cn1ccnn1. The van der Waals surface area contributed by atoms with Crippen LogP contribution in [0.5, 0.6) is 0 Å². The number of amides is 1. The van der Waals surface area contributed by atoms with Crippen LogP contribution in [0.1, 0.15) is 55.1 Å². The van der Waals surface area contributed by atoms with Crippen molar-refractivity contribution in [3.63, 3.8) is 0 Å². The average Bonchev–Trinajstić information content (AvgIpc) is 3.33. The molecule has 3 heterocycles. The van der Waals surface area contributed by atoms with Crippen LogP contribution in [0.2, 0.25) is 0 Å². The van der Waals surface area contributed by atoms with E-state index in [4.69, 9.17) is 0 Å². The first-order chi connectivity index (χ1) is 11.3. The number of nitrogens with zero attached hydrogens (tertiary/aromatic N) is 5. The van der Waals surface area contributed by atoms with E-state index in [2.05, 4.69) is 21.1 Å². The van der Waals surface area contributed by atoms with E-state index in [1.165, 1.54) is 25.7 Å². The van der Waals surface area contributed by atoms with Gasteiger partial charge in [-0.25, -0.2) is 0 Å². The molecule has 0 N–H and O–H groups in total. The molecular weight excluding hydrogens is 290 g/mol. The molecule has 6 heteroatoms. The molecular formula is C17H23N5O. The second-order valence-corrected chi connectivity index (χ2v) is 6.66. The van der Waals surface area contributed by atoms with Crippen LogP contribution >= 0.6 is 0 Å². The molecule has 2 fully saturated rings. The number of hydrogen-bond donors (Lipinski definition) is 0. The van der Waals surface area contributed by atoms with Crippen LogP contribution < -0.4 is 0 Å². The van der Waals surface area contributed by atoms with Crippen LogP contribution in [0, 0.1) is 0 Å². The third kappa shape index (κ3) is 2.78. The summed E-state index contributed by atoms with van der Waals surface area (Å²) in [6.07, 6.45) is 12.7. The zero-order valence-corrected chi connectivity index (χ0v) is 13.3. The largest absolute Gasteiger partial charge is 0.340 e. The zero-order chi connectivity index (χ0) is 15.6. The quantitative estimate of drug-likeness (QED) is 0.871. The van der Waals surface area contributed by atoms with Gasteiger partial charge in [0.1, 0.15) is 5.69 Å². The monoisotopic (exact) mass is 313 g/mol. The van der Waals surface area contributed by atoms with Crippen molar-refractivity contribution in [1.82, 2.24) is 24.5 Å². The van der Waals surface area contributed by atoms with Crippen LogP contribution in [-0.4, -0.2) is 43.0 Å². The summed E-state index contributed by atoms with van der Waals surface area (Å²) in [5.74, 6) is 0.171. The Morgan fingerprint density at radius 1 is 1.17 bits per heavy atom. The summed E-state index contributed by atoms with van der Waals surface area (Å²) in [5, 5.41) is 7.90. The van der Waals surface area contributed by atoms with Crippen LogP contribution in [0.25, 0.3) is 0 Å². The second-order valence-electron chi connectivity index (χ2n) is 6.66. The number of likely N-dealkylation sites (tertiary alicyclic amines) is 1. The molecule has 0 unspecified atom stereocenters.